The molecule has 21 heavy (non-hydrogen) atoms. The predicted octanol–water partition coefficient (Wildman–Crippen LogP) is 3.98. The van der Waals surface area contributed by atoms with E-state index in [1.54, 1.807) is 31.5 Å². The molecule has 106 valence electrons. The van der Waals surface area contributed by atoms with Gasteiger partial charge in [0.05, 0.1) is 12.6 Å². The summed E-state index contributed by atoms with van der Waals surface area (Å²) < 4.78 is 5.32. The van der Waals surface area contributed by atoms with Gasteiger partial charge >= 0.3 is 0 Å². The fourth-order valence-corrected chi connectivity index (χ4v) is 2.61. The molecule has 1 N–H and O–H groups in total. The van der Waals surface area contributed by atoms with Gasteiger partial charge in [-0.15, -0.1) is 0 Å². The second-order valence-electron chi connectivity index (χ2n) is 4.71. The molecule has 3 rings (SSSR count). The van der Waals surface area contributed by atoms with Crippen molar-refractivity contribution in [2.45, 2.75) is 6.10 Å². The van der Waals surface area contributed by atoms with Crippen molar-refractivity contribution in [3.63, 3.8) is 0 Å². The number of benzene rings is 2. The van der Waals surface area contributed by atoms with Crippen LogP contribution in [0.1, 0.15) is 17.2 Å². The zero-order chi connectivity index (χ0) is 14.8. The van der Waals surface area contributed by atoms with Crippen LogP contribution in [0.3, 0.4) is 0 Å². The van der Waals surface area contributed by atoms with Crippen molar-refractivity contribution in [3.8, 4) is 5.75 Å². The van der Waals surface area contributed by atoms with E-state index in [-0.39, 0.29) is 0 Å². The second kappa shape index (κ2) is 5.72. The van der Waals surface area contributed by atoms with Crippen LogP contribution in [0, 0.1) is 0 Å². The van der Waals surface area contributed by atoms with Gasteiger partial charge in [0.25, 0.3) is 0 Å². The molecule has 0 amide bonds. The Labute approximate surface area is 127 Å². The number of ether oxygens (including phenoxy) is 1. The quantitative estimate of drug-likeness (QED) is 0.795. The van der Waals surface area contributed by atoms with Crippen LogP contribution in [-0.4, -0.2) is 17.2 Å². The second-order valence-corrected chi connectivity index (χ2v) is 5.14. The smallest absolute Gasteiger partial charge is 0.126 e. The van der Waals surface area contributed by atoms with E-state index in [9.17, 15) is 5.11 Å². The Morgan fingerprint density at radius 2 is 1.95 bits per heavy atom. The molecule has 1 atom stereocenters. The first-order valence-electron chi connectivity index (χ1n) is 6.56. The fourth-order valence-electron chi connectivity index (χ4n) is 2.44. The highest BCUT2D eigenvalue weighted by Gasteiger charge is 2.18. The minimum atomic E-state index is -0.801. The lowest BCUT2D eigenvalue weighted by molar-refractivity contribution is 0.216. The number of hydrogen-bond acceptors (Lipinski definition) is 3. The molecule has 0 radical (unpaired) electrons. The van der Waals surface area contributed by atoms with Crippen LogP contribution in [0.5, 0.6) is 5.75 Å². The van der Waals surface area contributed by atoms with E-state index in [1.807, 2.05) is 30.3 Å². The maximum Gasteiger partial charge on any atom is 0.126 e. The van der Waals surface area contributed by atoms with Crippen LogP contribution in [0.4, 0.5) is 0 Å². The molecule has 1 aromatic heterocycles. The number of rotatable bonds is 3. The number of aromatic nitrogens is 1. The van der Waals surface area contributed by atoms with Crippen molar-refractivity contribution in [2.75, 3.05) is 7.11 Å². The zero-order valence-corrected chi connectivity index (χ0v) is 12.2. The zero-order valence-electron chi connectivity index (χ0n) is 11.5. The largest absolute Gasteiger partial charge is 0.496 e. The van der Waals surface area contributed by atoms with E-state index in [1.165, 1.54) is 0 Å². The van der Waals surface area contributed by atoms with Crippen molar-refractivity contribution in [1.29, 1.82) is 0 Å². The highest BCUT2D eigenvalue weighted by Crippen LogP contribution is 2.34. The highest BCUT2D eigenvalue weighted by molar-refractivity contribution is 6.30. The van der Waals surface area contributed by atoms with Gasteiger partial charge in [-0.3, -0.25) is 4.98 Å². The summed E-state index contributed by atoms with van der Waals surface area (Å²) in [5.74, 6) is 0.566. The molecule has 1 unspecified atom stereocenters. The molecule has 4 heteroatoms. The molecule has 0 saturated carbocycles. The number of pyridine rings is 1. The van der Waals surface area contributed by atoms with Gasteiger partial charge in [-0.05, 0) is 29.8 Å². The summed E-state index contributed by atoms with van der Waals surface area (Å²) in [6, 6.07) is 14.7. The van der Waals surface area contributed by atoms with E-state index < -0.39 is 6.10 Å². The topological polar surface area (TPSA) is 42.4 Å². The molecule has 0 spiro atoms. The first-order valence-corrected chi connectivity index (χ1v) is 6.93. The number of methoxy groups -OCH3 is 1. The molecule has 0 aliphatic carbocycles. The van der Waals surface area contributed by atoms with Gasteiger partial charge in [-0.25, -0.2) is 0 Å². The summed E-state index contributed by atoms with van der Waals surface area (Å²) in [7, 11) is 1.56. The van der Waals surface area contributed by atoms with E-state index in [0.29, 0.717) is 16.3 Å². The van der Waals surface area contributed by atoms with Crippen molar-refractivity contribution in [2.24, 2.45) is 0 Å². The van der Waals surface area contributed by atoms with Gasteiger partial charge in [-0.1, -0.05) is 35.9 Å². The van der Waals surface area contributed by atoms with Gasteiger partial charge in [0, 0.05) is 22.2 Å². The Bertz CT molecular complexity index is 783. The maximum absolute atomic E-state index is 10.7. The van der Waals surface area contributed by atoms with Crippen LogP contribution >= 0.6 is 11.6 Å². The van der Waals surface area contributed by atoms with Crippen molar-refractivity contribution in [1.82, 2.24) is 4.98 Å². The molecular formula is C17H14ClNO2. The Hall–Kier alpha value is -2.10. The summed E-state index contributed by atoms with van der Waals surface area (Å²) >= 11 is 5.97. The molecule has 3 nitrogen and oxygen atoms in total. The summed E-state index contributed by atoms with van der Waals surface area (Å²) in [6.45, 7) is 0. The van der Waals surface area contributed by atoms with Crippen molar-refractivity contribution < 1.29 is 9.84 Å². The third kappa shape index (κ3) is 2.58. The van der Waals surface area contributed by atoms with E-state index in [4.69, 9.17) is 16.3 Å². The third-order valence-electron chi connectivity index (χ3n) is 3.46. The average Bonchev–Trinajstić information content (AvgIpc) is 2.53. The van der Waals surface area contributed by atoms with Crippen LogP contribution in [0.25, 0.3) is 10.9 Å². The molecule has 0 saturated heterocycles. The van der Waals surface area contributed by atoms with E-state index in [2.05, 4.69) is 4.98 Å². The fraction of sp³-hybridized carbons (Fsp3) is 0.118. The van der Waals surface area contributed by atoms with Crippen LogP contribution in [-0.2, 0) is 0 Å². The van der Waals surface area contributed by atoms with Gasteiger partial charge in [0.1, 0.15) is 11.9 Å². The lowest BCUT2D eigenvalue weighted by atomic mass is 9.97. The normalized spacial score (nSPS) is 12.3. The molecular weight excluding hydrogens is 286 g/mol. The number of aliphatic hydroxyl groups excluding tert-OH is 1. The van der Waals surface area contributed by atoms with Crippen molar-refractivity contribution in [3.05, 3.63) is 70.9 Å². The summed E-state index contributed by atoms with van der Waals surface area (Å²) in [5, 5.41) is 12.2. The van der Waals surface area contributed by atoms with Gasteiger partial charge in [0.15, 0.2) is 0 Å². The third-order valence-corrected chi connectivity index (χ3v) is 3.70. The molecule has 1 heterocycles. The number of nitrogens with zero attached hydrogens (tertiary/aromatic N) is 1. The summed E-state index contributed by atoms with van der Waals surface area (Å²) in [4.78, 5) is 4.31. The van der Waals surface area contributed by atoms with Crippen molar-refractivity contribution >= 4 is 22.5 Å². The number of hydrogen-bond donors (Lipinski definition) is 1. The Morgan fingerprint density at radius 1 is 1.10 bits per heavy atom. The monoisotopic (exact) mass is 299 g/mol. The molecule has 0 aliphatic rings. The molecule has 2 aromatic carbocycles. The molecule has 0 bridgehead atoms. The lowest BCUT2D eigenvalue weighted by Crippen LogP contribution is -2.03. The Kier molecular flexibility index (Phi) is 3.78. The first kappa shape index (κ1) is 13.9. The first-order chi connectivity index (χ1) is 10.2. The lowest BCUT2D eigenvalue weighted by Gasteiger charge is -2.17. The molecule has 3 aromatic rings. The molecule has 0 fully saturated rings. The Balaban J connectivity index is 2.15. The summed E-state index contributed by atoms with van der Waals surface area (Å²) in [6.07, 6.45) is 0.937. The average molecular weight is 300 g/mol. The molecule has 0 aliphatic heterocycles. The van der Waals surface area contributed by atoms with Gasteiger partial charge in [0.2, 0.25) is 0 Å². The van der Waals surface area contributed by atoms with E-state index in [0.717, 1.165) is 16.5 Å². The number of halogens is 1. The standard InChI is InChI=1S/C17H14ClNO2/c1-21-16-10-11(18)7-8-14(16)17(20)13-4-2-6-15-12(13)5-3-9-19-15/h2-10,17,20H,1H3. The predicted molar refractivity (Wildman–Crippen MR) is 83.8 cm³/mol. The van der Waals surface area contributed by atoms with Crippen LogP contribution in [0.15, 0.2) is 54.7 Å². The van der Waals surface area contributed by atoms with E-state index >= 15 is 0 Å². The van der Waals surface area contributed by atoms with Crippen LogP contribution < -0.4 is 4.74 Å². The number of aliphatic hydroxyl groups is 1. The van der Waals surface area contributed by atoms with Gasteiger partial charge < -0.3 is 9.84 Å². The number of fused-ring (bicyclic) bond motifs is 1. The minimum Gasteiger partial charge on any atom is -0.496 e. The van der Waals surface area contributed by atoms with Gasteiger partial charge in [-0.2, -0.15) is 0 Å². The SMILES string of the molecule is COc1cc(Cl)ccc1C(O)c1cccc2ncccc12. The minimum absolute atomic E-state index is 0.566. The highest BCUT2D eigenvalue weighted by atomic mass is 35.5. The maximum atomic E-state index is 10.7. The van der Waals surface area contributed by atoms with Crippen LogP contribution in [0.2, 0.25) is 5.02 Å². The summed E-state index contributed by atoms with van der Waals surface area (Å²) in [5.41, 5.74) is 2.32. The Morgan fingerprint density at radius 3 is 2.76 bits per heavy atom.